The van der Waals surface area contributed by atoms with Crippen molar-refractivity contribution >= 4 is 0 Å². The minimum Gasteiger partial charge on any atom is -0.313 e. The summed E-state index contributed by atoms with van der Waals surface area (Å²) in [7, 11) is 0. The molecular formula is C14H28N2. The number of hydrogen-bond acceptors (Lipinski definition) is 2. The zero-order chi connectivity index (χ0) is 12.2. The average Bonchev–Trinajstić information content (AvgIpc) is 2.32. The van der Waals surface area contributed by atoms with Crippen molar-refractivity contribution in [2.75, 3.05) is 26.2 Å². The molecule has 0 bridgehead atoms. The fraction of sp³-hybridized carbons (Fsp3) is 0.857. The Morgan fingerprint density at radius 3 is 2.38 bits per heavy atom. The predicted octanol–water partition coefficient (Wildman–Crippen LogP) is 2.50. The van der Waals surface area contributed by atoms with Gasteiger partial charge in [-0.15, -0.1) is 11.8 Å². The van der Waals surface area contributed by atoms with Crippen LogP contribution in [0.2, 0.25) is 0 Å². The van der Waals surface area contributed by atoms with Crippen LogP contribution in [0, 0.1) is 11.8 Å². The lowest BCUT2D eigenvalue weighted by Gasteiger charge is -2.22. The summed E-state index contributed by atoms with van der Waals surface area (Å²) in [5.74, 6) is 6.17. The van der Waals surface area contributed by atoms with Crippen molar-refractivity contribution in [1.82, 2.24) is 10.2 Å². The lowest BCUT2D eigenvalue weighted by atomic mass is 10.1. The molecule has 0 fully saturated rings. The maximum Gasteiger partial charge on any atom is 0.0243 e. The lowest BCUT2D eigenvalue weighted by molar-refractivity contribution is 0.281. The van der Waals surface area contributed by atoms with Gasteiger partial charge in [0.25, 0.3) is 0 Å². The molecule has 0 aromatic rings. The van der Waals surface area contributed by atoms with Gasteiger partial charge >= 0.3 is 0 Å². The normalized spacial score (nSPS) is 12.3. The van der Waals surface area contributed by atoms with Crippen molar-refractivity contribution in [2.45, 2.75) is 53.0 Å². The van der Waals surface area contributed by atoms with Crippen LogP contribution in [0.15, 0.2) is 0 Å². The highest BCUT2D eigenvalue weighted by atomic mass is 15.1. The molecule has 1 atom stereocenters. The van der Waals surface area contributed by atoms with Crippen LogP contribution >= 0.6 is 0 Å². The van der Waals surface area contributed by atoms with Gasteiger partial charge < -0.3 is 10.2 Å². The molecule has 0 saturated heterocycles. The highest BCUT2D eigenvalue weighted by molar-refractivity contribution is 4.98. The van der Waals surface area contributed by atoms with E-state index >= 15 is 0 Å². The van der Waals surface area contributed by atoms with E-state index in [-0.39, 0.29) is 0 Å². The molecule has 0 aliphatic carbocycles. The van der Waals surface area contributed by atoms with E-state index in [1.807, 2.05) is 6.92 Å². The second kappa shape index (κ2) is 11.0. The van der Waals surface area contributed by atoms with Gasteiger partial charge in [0.1, 0.15) is 0 Å². The molecule has 0 aliphatic rings. The molecule has 0 aliphatic heterocycles. The van der Waals surface area contributed by atoms with Gasteiger partial charge in [0.05, 0.1) is 0 Å². The van der Waals surface area contributed by atoms with Gasteiger partial charge in [-0.05, 0) is 45.9 Å². The zero-order valence-electron chi connectivity index (χ0n) is 11.5. The number of hydrogen-bond donors (Lipinski definition) is 1. The Bertz CT molecular complexity index is 199. The van der Waals surface area contributed by atoms with Gasteiger partial charge in [-0.25, -0.2) is 0 Å². The van der Waals surface area contributed by atoms with Crippen molar-refractivity contribution in [3.05, 3.63) is 0 Å². The van der Waals surface area contributed by atoms with E-state index < -0.39 is 0 Å². The molecule has 0 spiro atoms. The monoisotopic (exact) mass is 224 g/mol. The SMILES string of the molecule is CC#CCC(CCN(CC)CC)NCCC. The van der Waals surface area contributed by atoms with Crippen molar-refractivity contribution < 1.29 is 0 Å². The second-order valence-electron chi connectivity index (χ2n) is 4.10. The van der Waals surface area contributed by atoms with E-state index in [1.54, 1.807) is 0 Å². The summed E-state index contributed by atoms with van der Waals surface area (Å²) >= 11 is 0. The third-order valence-electron chi connectivity index (χ3n) is 2.90. The van der Waals surface area contributed by atoms with Crippen LogP contribution in [0.1, 0.15) is 47.0 Å². The summed E-state index contributed by atoms with van der Waals surface area (Å²) in [6.07, 6.45) is 3.38. The van der Waals surface area contributed by atoms with Gasteiger partial charge in [-0.3, -0.25) is 0 Å². The molecule has 16 heavy (non-hydrogen) atoms. The standard InChI is InChI=1S/C14H28N2/c1-5-9-10-14(15-12-6-2)11-13-16(7-3)8-4/h14-15H,6-8,10-13H2,1-4H3. The minimum atomic E-state index is 0.563. The van der Waals surface area contributed by atoms with Crippen molar-refractivity contribution in [3.8, 4) is 11.8 Å². The second-order valence-corrected chi connectivity index (χ2v) is 4.10. The molecule has 0 aromatic carbocycles. The summed E-state index contributed by atoms with van der Waals surface area (Å²) in [6.45, 7) is 13.2. The number of nitrogens with zero attached hydrogens (tertiary/aromatic N) is 1. The smallest absolute Gasteiger partial charge is 0.0243 e. The Hall–Kier alpha value is -0.520. The van der Waals surface area contributed by atoms with Gasteiger partial charge in [0, 0.05) is 12.5 Å². The van der Waals surface area contributed by atoms with E-state index in [4.69, 9.17) is 0 Å². The number of nitrogens with one attached hydrogen (secondary N) is 1. The van der Waals surface area contributed by atoms with Crippen molar-refractivity contribution in [1.29, 1.82) is 0 Å². The fourth-order valence-corrected chi connectivity index (χ4v) is 1.73. The van der Waals surface area contributed by atoms with Gasteiger partial charge in [0.2, 0.25) is 0 Å². The van der Waals surface area contributed by atoms with Crippen molar-refractivity contribution in [3.63, 3.8) is 0 Å². The average molecular weight is 224 g/mol. The molecule has 1 unspecified atom stereocenters. The van der Waals surface area contributed by atoms with E-state index in [0.29, 0.717) is 6.04 Å². The molecule has 94 valence electrons. The van der Waals surface area contributed by atoms with Crippen LogP contribution in [-0.2, 0) is 0 Å². The van der Waals surface area contributed by atoms with Gasteiger partial charge in [0.15, 0.2) is 0 Å². The Balaban J connectivity index is 3.91. The Kier molecular flexibility index (Phi) is 10.6. The molecular weight excluding hydrogens is 196 g/mol. The quantitative estimate of drug-likeness (QED) is 0.605. The van der Waals surface area contributed by atoms with Gasteiger partial charge in [-0.1, -0.05) is 20.8 Å². The predicted molar refractivity (Wildman–Crippen MR) is 72.6 cm³/mol. The largest absolute Gasteiger partial charge is 0.313 e. The third kappa shape index (κ3) is 7.73. The zero-order valence-corrected chi connectivity index (χ0v) is 11.5. The first-order chi connectivity index (χ1) is 7.78. The molecule has 0 radical (unpaired) electrons. The summed E-state index contributed by atoms with van der Waals surface area (Å²) in [4.78, 5) is 2.47. The molecule has 2 heteroatoms. The molecule has 0 amide bonds. The first-order valence-corrected chi connectivity index (χ1v) is 6.63. The lowest BCUT2D eigenvalue weighted by Crippen LogP contribution is -2.34. The number of rotatable bonds is 9. The van der Waals surface area contributed by atoms with E-state index in [1.165, 1.54) is 19.4 Å². The Morgan fingerprint density at radius 1 is 1.19 bits per heavy atom. The first kappa shape index (κ1) is 15.5. The van der Waals surface area contributed by atoms with Crippen LogP contribution in [0.4, 0.5) is 0 Å². The van der Waals surface area contributed by atoms with Gasteiger partial charge in [-0.2, -0.15) is 0 Å². The van der Waals surface area contributed by atoms with E-state index in [9.17, 15) is 0 Å². The molecule has 0 heterocycles. The summed E-state index contributed by atoms with van der Waals surface area (Å²) < 4.78 is 0. The summed E-state index contributed by atoms with van der Waals surface area (Å²) in [5.41, 5.74) is 0. The van der Waals surface area contributed by atoms with Crippen LogP contribution in [0.3, 0.4) is 0 Å². The maximum absolute atomic E-state index is 3.58. The summed E-state index contributed by atoms with van der Waals surface area (Å²) in [5, 5.41) is 3.58. The highest BCUT2D eigenvalue weighted by Gasteiger charge is 2.08. The molecule has 2 nitrogen and oxygen atoms in total. The molecule has 0 aromatic heterocycles. The third-order valence-corrected chi connectivity index (χ3v) is 2.90. The molecule has 0 saturated carbocycles. The Labute approximate surface area is 102 Å². The molecule has 1 N–H and O–H groups in total. The van der Waals surface area contributed by atoms with Crippen LogP contribution in [-0.4, -0.2) is 37.1 Å². The molecule has 0 rings (SSSR count). The Morgan fingerprint density at radius 2 is 1.88 bits per heavy atom. The van der Waals surface area contributed by atoms with Crippen LogP contribution in [0.5, 0.6) is 0 Å². The highest BCUT2D eigenvalue weighted by Crippen LogP contribution is 2.00. The van der Waals surface area contributed by atoms with E-state index in [2.05, 4.69) is 42.8 Å². The maximum atomic E-state index is 3.58. The topological polar surface area (TPSA) is 15.3 Å². The minimum absolute atomic E-state index is 0.563. The van der Waals surface area contributed by atoms with Crippen LogP contribution in [0.25, 0.3) is 0 Å². The van der Waals surface area contributed by atoms with Crippen molar-refractivity contribution in [2.24, 2.45) is 0 Å². The van der Waals surface area contributed by atoms with E-state index in [0.717, 1.165) is 26.1 Å². The first-order valence-electron chi connectivity index (χ1n) is 6.63. The fourth-order valence-electron chi connectivity index (χ4n) is 1.73. The summed E-state index contributed by atoms with van der Waals surface area (Å²) in [6, 6.07) is 0.563. The van der Waals surface area contributed by atoms with Crippen LogP contribution < -0.4 is 5.32 Å².